The fraction of sp³-hybridized carbons (Fsp3) is 0.318. The Kier molecular flexibility index (Phi) is 4.96. The largest absolute Gasteiger partial charge is 0.391 e. The third-order valence-electron chi connectivity index (χ3n) is 5.38. The van der Waals surface area contributed by atoms with E-state index < -0.39 is 12.1 Å². The number of aliphatic hydroxyl groups is 1. The van der Waals surface area contributed by atoms with Crippen LogP contribution in [0.2, 0.25) is 0 Å². The molecule has 3 aromatic rings. The van der Waals surface area contributed by atoms with Crippen molar-refractivity contribution in [1.82, 2.24) is 15.1 Å². The van der Waals surface area contributed by atoms with Crippen LogP contribution < -0.4 is 0 Å². The van der Waals surface area contributed by atoms with Gasteiger partial charge in [0.25, 0.3) is 5.91 Å². The SMILES string of the molecule is Cc1ccc(CCC(=O)[C@@H]2C[C@@H](O)CN2C(=O)c2ccc3[nH]ncc3c2)cc1. The van der Waals surface area contributed by atoms with Crippen LogP contribution in [0.3, 0.4) is 0 Å². The molecule has 1 aliphatic heterocycles. The number of carbonyl (C=O) groups is 2. The fourth-order valence-corrected chi connectivity index (χ4v) is 3.77. The lowest BCUT2D eigenvalue weighted by Crippen LogP contribution is -2.40. The van der Waals surface area contributed by atoms with Crippen LogP contribution in [-0.4, -0.2) is 50.6 Å². The molecule has 2 heterocycles. The van der Waals surface area contributed by atoms with E-state index in [1.807, 2.05) is 31.2 Å². The molecule has 0 saturated carbocycles. The van der Waals surface area contributed by atoms with Crippen molar-refractivity contribution in [3.8, 4) is 0 Å². The van der Waals surface area contributed by atoms with E-state index in [0.717, 1.165) is 16.5 Å². The standard InChI is InChI=1S/C22H23N3O3/c1-14-2-4-15(5-3-14)6-9-21(27)20-11-18(26)13-25(20)22(28)16-7-8-19-17(10-16)12-23-24-19/h2-5,7-8,10,12,18,20,26H,6,9,11,13H2,1H3,(H,23,24)/t18-,20+/m1/s1. The van der Waals surface area contributed by atoms with Crippen molar-refractivity contribution in [2.24, 2.45) is 0 Å². The molecule has 1 amide bonds. The van der Waals surface area contributed by atoms with Crippen molar-refractivity contribution in [2.75, 3.05) is 6.54 Å². The third kappa shape index (κ3) is 3.68. The normalized spacial score (nSPS) is 19.3. The van der Waals surface area contributed by atoms with E-state index in [0.29, 0.717) is 24.8 Å². The number of aromatic amines is 1. The maximum absolute atomic E-state index is 13.0. The maximum atomic E-state index is 13.0. The smallest absolute Gasteiger partial charge is 0.254 e. The fourth-order valence-electron chi connectivity index (χ4n) is 3.77. The molecule has 2 atom stereocenters. The summed E-state index contributed by atoms with van der Waals surface area (Å²) in [5.74, 6) is -0.233. The molecular formula is C22H23N3O3. The first-order chi connectivity index (χ1) is 13.5. The number of hydrogen-bond acceptors (Lipinski definition) is 4. The quantitative estimate of drug-likeness (QED) is 0.716. The van der Waals surface area contributed by atoms with Crippen molar-refractivity contribution in [2.45, 2.75) is 38.3 Å². The van der Waals surface area contributed by atoms with Crippen molar-refractivity contribution >= 4 is 22.6 Å². The summed E-state index contributed by atoms with van der Waals surface area (Å²) in [7, 11) is 0. The molecule has 1 aromatic heterocycles. The van der Waals surface area contributed by atoms with E-state index >= 15 is 0 Å². The van der Waals surface area contributed by atoms with Crippen LogP contribution in [0.15, 0.2) is 48.7 Å². The molecule has 6 nitrogen and oxygen atoms in total. The number of nitrogens with zero attached hydrogens (tertiary/aromatic N) is 2. The number of benzene rings is 2. The highest BCUT2D eigenvalue weighted by Crippen LogP contribution is 2.24. The molecule has 0 radical (unpaired) electrons. The Morgan fingerprint density at radius 3 is 2.79 bits per heavy atom. The highest BCUT2D eigenvalue weighted by atomic mass is 16.3. The average molecular weight is 377 g/mol. The minimum Gasteiger partial charge on any atom is -0.391 e. The summed E-state index contributed by atoms with van der Waals surface area (Å²) in [5.41, 5.74) is 3.63. The first-order valence-electron chi connectivity index (χ1n) is 9.51. The molecular weight excluding hydrogens is 354 g/mol. The summed E-state index contributed by atoms with van der Waals surface area (Å²) in [4.78, 5) is 27.4. The molecule has 2 N–H and O–H groups in total. The molecule has 144 valence electrons. The summed E-state index contributed by atoms with van der Waals surface area (Å²) in [6.45, 7) is 2.21. The lowest BCUT2D eigenvalue weighted by atomic mass is 10.0. The van der Waals surface area contributed by atoms with E-state index in [4.69, 9.17) is 0 Å². The third-order valence-corrected chi connectivity index (χ3v) is 5.38. The predicted octanol–water partition coefficient (Wildman–Crippen LogP) is 2.65. The van der Waals surface area contributed by atoms with Crippen molar-refractivity contribution in [3.05, 3.63) is 65.4 Å². The Bertz CT molecular complexity index is 1010. The number of amides is 1. The highest BCUT2D eigenvalue weighted by Gasteiger charge is 2.38. The molecule has 0 spiro atoms. The van der Waals surface area contributed by atoms with E-state index in [1.54, 1.807) is 24.4 Å². The van der Waals surface area contributed by atoms with Gasteiger partial charge < -0.3 is 10.0 Å². The Labute approximate surface area is 163 Å². The number of fused-ring (bicyclic) bond motifs is 1. The first-order valence-corrected chi connectivity index (χ1v) is 9.51. The van der Waals surface area contributed by atoms with Crippen LogP contribution in [-0.2, 0) is 11.2 Å². The minimum atomic E-state index is -0.671. The first kappa shape index (κ1) is 18.4. The average Bonchev–Trinajstić information content (AvgIpc) is 3.32. The number of rotatable bonds is 5. The molecule has 0 bridgehead atoms. The van der Waals surface area contributed by atoms with E-state index in [2.05, 4.69) is 10.2 Å². The second-order valence-electron chi connectivity index (χ2n) is 7.49. The van der Waals surface area contributed by atoms with Gasteiger partial charge in [-0.15, -0.1) is 0 Å². The van der Waals surface area contributed by atoms with Crippen LogP contribution in [0.4, 0.5) is 0 Å². The zero-order chi connectivity index (χ0) is 19.7. The second-order valence-corrected chi connectivity index (χ2v) is 7.49. The summed E-state index contributed by atoms with van der Waals surface area (Å²) in [5, 5.41) is 17.8. The molecule has 4 rings (SSSR count). The van der Waals surface area contributed by atoms with E-state index in [-0.39, 0.29) is 18.2 Å². The predicted molar refractivity (Wildman–Crippen MR) is 106 cm³/mol. The molecule has 1 aliphatic rings. The van der Waals surface area contributed by atoms with Gasteiger partial charge in [-0.1, -0.05) is 29.8 Å². The van der Waals surface area contributed by atoms with Crippen molar-refractivity contribution in [3.63, 3.8) is 0 Å². The lowest BCUT2D eigenvalue weighted by molar-refractivity contribution is -0.122. The van der Waals surface area contributed by atoms with Gasteiger partial charge in [0.05, 0.1) is 23.9 Å². The van der Waals surface area contributed by atoms with Gasteiger partial charge in [0.2, 0.25) is 0 Å². The van der Waals surface area contributed by atoms with Gasteiger partial charge in [0.15, 0.2) is 5.78 Å². The number of hydrogen-bond donors (Lipinski definition) is 2. The number of aromatic nitrogens is 2. The minimum absolute atomic E-state index is 0.00476. The number of nitrogens with one attached hydrogen (secondary N) is 1. The van der Waals surface area contributed by atoms with Gasteiger partial charge in [-0.05, 0) is 37.1 Å². The number of Topliss-reactive ketones (excluding diaryl/α,β-unsaturated/α-hetero) is 1. The number of β-amino-alcohol motifs (C(OH)–C–C–N with tert-alkyl or cyclic N) is 1. The number of aryl methyl sites for hydroxylation is 2. The Hall–Kier alpha value is -2.99. The van der Waals surface area contributed by atoms with Crippen molar-refractivity contribution in [1.29, 1.82) is 0 Å². The number of likely N-dealkylation sites (tertiary alicyclic amines) is 1. The maximum Gasteiger partial charge on any atom is 0.254 e. The number of aliphatic hydroxyl groups excluding tert-OH is 1. The zero-order valence-electron chi connectivity index (χ0n) is 15.8. The lowest BCUT2D eigenvalue weighted by Gasteiger charge is -2.23. The van der Waals surface area contributed by atoms with Crippen LogP contribution >= 0.6 is 0 Å². The van der Waals surface area contributed by atoms with Gasteiger partial charge in [0.1, 0.15) is 0 Å². The molecule has 0 unspecified atom stereocenters. The molecule has 0 aliphatic carbocycles. The number of H-pyrrole nitrogens is 1. The van der Waals surface area contributed by atoms with Crippen molar-refractivity contribution < 1.29 is 14.7 Å². The Balaban J connectivity index is 1.48. The number of ketones is 1. The topological polar surface area (TPSA) is 86.3 Å². The van der Waals surface area contributed by atoms with Crippen LogP contribution in [0.25, 0.3) is 10.9 Å². The molecule has 28 heavy (non-hydrogen) atoms. The zero-order valence-corrected chi connectivity index (χ0v) is 15.8. The molecule has 6 heteroatoms. The summed E-state index contributed by atoms with van der Waals surface area (Å²) >= 11 is 0. The van der Waals surface area contributed by atoms with Gasteiger partial charge >= 0.3 is 0 Å². The number of carbonyl (C=O) groups excluding carboxylic acids is 2. The summed E-state index contributed by atoms with van der Waals surface area (Å²) in [6.07, 6.45) is 2.27. The molecule has 1 saturated heterocycles. The molecule has 1 fully saturated rings. The van der Waals surface area contributed by atoms with Gasteiger partial charge in [0, 0.05) is 30.3 Å². The van der Waals surface area contributed by atoms with Crippen LogP contribution in [0, 0.1) is 6.92 Å². The monoisotopic (exact) mass is 377 g/mol. The van der Waals surface area contributed by atoms with E-state index in [1.165, 1.54) is 10.5 Å². The van der Waals surface area contributed by atoms with E-state index in [9.17, 15) is 14.7 Å². The summed E-state index contributed by atoms with van der Waals surface area (Å²) in [6, 6.07) is 12.8. The molecule has 2 aromatic carbocycles. The summed E-state index contributed by atoms with van der Waals surface area (Å²) < 4.78 is 0. The Morgan fingerprint density at radius 1 is 1.21 bits per heavy atom. The van der Waals surface area contributed by atoms with Crippen LogP contribution in [0.1, 0.15) is 34.3 Å². The second kappa shape index (κ2) is 7.56. The van der Waals surface area contributed by atoms with Gasteiger partial charge in [-0.25, -0.2) is 0 Å². The van der Waals surface area contributed by atoms with Gasteiger partial charge in [-0.3, -0.25) is 14.7 Å². The van der Waals surface area contributed by atoms with Crippen LogP contribution in [0.5, 0.6) is 0 Å². The van der Waals surface area contributed by atoms with Gasteiger partial charge in [-0.2, -0.15) is 5.10 Å². The Morgan fingerprint density at radius 2 is 2.00 bits per heavy atom. The highest BCUT2D eigenvalue weighted by molar-refractivity contribution is 6.00.